The van der Waals surface area contributed by atoms with Gasteiger partial charge in [-0.3, -0.25) is 4.79 Å². The molecule has 1 atom stereocenters. The number of hydrogen-bond donors (Lipinski definition) is 0. The lowest BCUT2D eigenvalue weighted by Gasteiger charge is -2.17. The fourth-order valence-electron chi connectivity index (χ4n) is 0.770. The molecule has 0 spiro atoms. The first-order valence-electron chi connectivity index (χ1n) is 3.37. The van der Waals surface area contributed by atoms with Crippen LogP contribution < -0.4 is 0 Å². The van der Waals surface area contributed by atoms with Crippen molar-refractivity contribution in [1.82, 2.24) is 0 Å². The third-order valence-electron chi connectivity index (χ3n) is 1.18. The Hall–Kier alpha value is -1.25. The van der Waals surface area contributed by atoms with E-state index in [1.54, 1.807) is 25.2 Å². The first kappa shape index (κ1) is 7.85. The largest absolute Gasteiger partial charge is 0.456 e. The summed E-state index contributed by atoms with van der Waals surface area (Å²) in [6, 6.07) is 0. The summed E-state index contributed by atoms with van der Waals surface area (Å²) in [5, 5.41) is 0. The monoisotopic (exact) mass is 154 g/mol. The average Bonchev–Trinajstić information content (AvgIpc) is 1.85. The molecule has 11 heavy (non-hydrogen) atoms. The quantitative estimate of drug-likeness (QED) is 0.535. The number of ether oxygens (including phenoxy) is 2. The number of carbonyl (C=O) groups excluding carboxylic acids is 1. The normalized spacial score (nSPS) is 22.0. The zero-order valence-electron chi connectivity index (χ0n) is 6.53. The molecule has 1 heterocycles. The molecule has 0 radical (unpaired) electrons. The minimum absolute atomic E-state index is 0.339. The molecule has 0 N–H and O–H groups in total. The van der Waals surface area contributed by atoms with Gasteiger partial charge in [-0.1, -0.05) is 6.08 Å². The maximum atomic E-state index is 10.5. The number of rotatable bonds is 1. The van der Waals surface area contributed by atoms with Gasteiger partial charge in [0.2, 0.25) is 0 Å². The van der Waals surface area contributed by atoms with E-state index in [1.165, 1.54) is 6.92 Å². The van der Waals surface area contributed by atoms with E-state index >= 15 is 0 Å². The molecule has 3 nitrogen and oxygen atoms in total. The summed E-state index contributed by atoms with van der Waals surface area (Å²) < 4.78 is 9.90. The van der Waals surface area contributed by atoms with Gasteiger partial charge in [-0.15, -0.1) is 0 Å². The maximum Gasteiger partial charge on any atom is 0.305 e. The maximum absolute atomic E-state index is 10.5. The topological polar surface area (TPSA) is 35.5 Å². The summed E-state index contributed by atoms with van der Waals surface area (Å²) in [6.07, 6.45) is 4.73. The highest BCUT2D eigenvalue weighted by atomic mass is 16.7. The van der Waals surface area contributed by atoms with E-state index < -0.39 is 6.29 Å². The summed E-state index contributed by atoms with van der Waals surface area (Å²) in [7, 11) is 0. The molecule has 3 heteroatoms. The molecule has 0 saturated heterocycles. The second-order valence-electron chi connectivity index (χ2n) is 2.26. The van der Waals surface area contributed by atoms with Crippen LogP contribution in [0.25, 0.3) is 0 Å². The van der Waals surface area contributed by atoms with E-state index in [4.69, 9.17) is 9.47 Å². The molecule has 0 saturated carbocycles. The molecule has 60 valence electrons. The summed E-state index contributed by atoms with van der Waals surface area (Å²) in [5.74, 6) is 0.410. The second kappa shape index (κ2) is 3.23. The van der Waals surface area contributed by atoms with Crippen molar-refractivity contribution in [2.24, 2.45) is 0 Å². The number of carbonyl (C=O) groups is 1. The van der Waals surface area contributed by atoms with Gasteiger partial charge in [0.05, 0.1) is 5.76 Å². The lowest BCUT2D eigenvalue weighted by Crippen LogP contribution is -2.18. The van der Waals surface area contributed by atoms with Crippen LogP contribution in [-0.2, 0) is 14.3 Å². The number of esters is 1. The van der Waals surface area contributed by atoms with E-state index in [0.717, 1.165) is 5.76 Å². The van der Waals surface area contributed by atoms with Crippen molar-refractivity contribution in [1.29, 1.82) is 0 Å². The van der Waals surface area contributed by atoms with Crippen molar-refractivity contribution in [3.05, 3.63) is 24.0 Å². The fourth-order valence-corrected chi connectivity index (χ4v) is 0.770. The van der Waals surface area contributed by atoms with E-state index in [9.17, 15) is 4.79 Å². The van der Waals surface area contributed by atoms with Crippen LogP contribution in [0.4, 0.5) is 0 Å². The number of hydrogen-bond acceptors (Lipinski definition) is 3. The number of allylic oxidation sites excluding steroid dienone is 3. The summed E-state index contributed by atoms with van der Waals surface area (Å²) >= 11 is 0. The summed E-state index contributed by atoms with van der Waals surface area (Å²) in [4.78, 5) is 10.5. The average molecular weight is 154 g/mol. The highest BCUT2D eigenvalue weighted by molar-refractivity contribution is 5.66. The molecule has 0 unspecified atom stereocenters. The molecule has 0 aromatic carbocycles. The molecule has 0 aromatic heterocycles. The Kier molecular flexibility index (Phi) is 2.31. The molecule has 0 bridgehead atoms. The Balaban J connectivity index is 2.46. The second-order valence-corrected chi connectivity index (χ2v) is 2.26. The molecule has 0 aromatic rings. The Bertz CT molecular complexity index is 213. The van der Waals surface area contributed by atoms with E-state index in [1.807, 2.05) is 0 Å². The van der Waals surface area contributed by atoms with Gasteiger partial charge in [-0.05, 0) is 19.1 Å². The summed E-state index contributed by atoms with van der Waals surface area (Å²) in [6.45, 7) is 3.16. The predicted octanol–water partition coefficient (Wildman–Crippen LogP) is 1.37. The van der Waals surface area contributed by atoms with Crippen LogP contribution in [0.2, 0.25) is 0 Å². The van der Waals surface area contributed by atoms with Gasteiger partial charge in [0.25, 0.3) is 6.29 Å². The van der Waals surface area contributed by atoms with Crippen molar-refractivity contribution in [2.75, 3.05) is 0 Å². The molecule has 0 aliphatic carbocycles. The van der Waals surface area contributed by atoms with Crippen LogP contribution in [0.1, 0.15) is 13.8 Å². The van der Waals surface area contributed by atoms with Crippen molar-refractivity contribution >= 4 is 5.97 Å². The van der Waals surface area contributed by atoms with Gasteiger partial charge in [0, 0.05) is 6.92 Å². The van der Waals surface area contributed by atoms with Gasteiger partial charge < -0.3 is 9.47 Å². The van der Waals surface area contributed by atoms with Crippen LogP contribution in [0.3, 0.4) is 0 Å². The predicted molar refractivity (Wildman–Crippen MR) is 39.5 cm³/mol. The van der Waals surface area contributed by atoms with Crippen LogP contribution in [0.15, 0.2) is 24.0 Å². The van der Waals surface area contributed by atoms with Gasteiger partial charge in [0.15, 0.2) is 0 Å². The zero-order valence-corrected chi connectivity index (χ0v) is 6.53. The summed E-state index contributed by atoms with van der Waals surface area (Å²) in [5.41, 5.74) is 0. The fraction of sp³-hybridized carbons (Fsp3) is 0.375. The smallest absolute Gasteiger partial charge is 0.305 e. The SMILES string of the molecule is CC(=O)O[C@@H]1C=CC=C(C)O1. The van der Waals surface area contributed by atoms with E-state index in [-0.39, 0.29) is 5.97 Å². The lowest BCUT2D eigenvalue weighted by molar-refractivity contribution is -0.160. The van der Waals surface area contributed by atoms with E-state index in [0.29, 0.717) is 0 Å². The Morgan fingerprint density at radius 1 is 1.73 bits per heavy atom. The zero-order chi connectivity index (χ0) is 8.27. The van der Waals surface area contributed by atoms with Crippen molar-refractivity contribution in [2.45, 2.75) is 20.1 Å². The third kappa shape index (κ3) is 2.45. The third-order valence-corrected chi connectivity index (χ3v) is 1.18. The van der Waals surface area contributed by atoms with Crippen LogP contribution in [-0.4, -0.2) is 12.3 Å². The van der Waals surface area contributed by atoms with Crippen molar-refractivity contribution in [3.8, 4) is 0 Å². The van der Waals surface area contributed by atoms with Gasteiger partial charge in [-0.2, -0.15) is 0 Å². The van der Waals surface area contributed by atoms with Crippen LogP contribution >= 0.6 is 0 Å². The van der Waals surface area contributed by atoms with Gasteiger partial charge in [0.1, 0.15) is 0 Å². The van der Waals surface area contributed by atoms with Crippen molar-refractivity contribution in [3.63, 3.8) is 0 Å². The van der Waals surface area contributed by atoms with Crippen LogP contribution in [0.5, 0.6) is 0 Å². The van der Waals surface area contributed by atoms with Gasteiger partial charge in [-0.25, -0.2) is 0 Å². The minimum atomic E-state index is -0.544. The van der Waals surface area contributed by atoms with Crippen molar-refractivity contribution < 1.29 is 14.3 Å². The molecule has 1 rings (SSSR count). The van der Waals surface area contributed by atoms with Crippen LogP contribution in [0, 0.1) is 0 Å². The lowest BCUT2D eigenvalue weighted by atomic mass is 10.3. The Morgan fingerprint density at radius 2 is 2.45 bits per heavy atom. The first-order chi connectivity index (χ1) is 5.18. The molecule has 0 amide bonds. The highest BCUT2D eigenvalue weighted by Gasteiger charge is 2.10. The molecular weight excluding hydrogens is 144 g/mol. The molecular formula is C8H10O3. The van der Waals surface area contributed by atoms with E-state index in [2.05, 4.69) is 0 Å². The molecule has 1 aliphatic heterocycles. The minimum Gasteiger partial charge on any atom is -0.456 e. The molecule has 0 fully saturated rings. The Morgan fingerprint density at radius 3 is 3.00 bits per heavy atom. The molecule has 1 aliphatic rings. The Labute approximate surface area is 65.3 Å². The first-order valence-corrected chi connectivity index (χ1v) is 3.37. The standard InChI is InChI=1S/C8H10O3/c1-6-4-3-5-8(10-6)11-7(2)9/h3-5,8H,1-2H3/t8-/m1/s1. The van der Waals surface area contributed by atoms with Gasteiger partial charge >= 0.3 is 5.97 Å². The highest BCUT2D eigenvalue weighted by Crippen LogP contribution is 2.10.